The van der Waals surface area contributed by atoms with Gasteiger partial charge in [0.25, 0.3) is 0 Å². The van der Waals surface area contributed by atoms with E-state index in [4.69, 9.17) is 0 Å². The average Bonchev–Trinajstić information content (AvgIpc) is 3.16. The highest BCUT2D eigenvalue weighted by Gasteiger charge is 2.40. The minimum atomic E-state index is 0.185. The first kappa shape index (κ1) is 14.3. The van der Waals surface area contributed by atoms with Crippen molar-refractivity contribution in [1.29, 1.82) is 0 Å². The van der Waals surface area contributed by atoms with Gasteiger partial charge in [0.05, 0.1) is 6.04 Å². The number of rotatable bonds is 3. The van der Waals surface area contributed by atoms with Gasteiger partial charge in [0.2, 0.25) is 5.91 Å². The standard InChI is InChI=1S/C16H29N3O/c1-2-13-5-3-12-19(13)16(20)15-6-4-11-18(15)14-7-9-17-10-8-14/h13-15,17H,2-12H2,1H3. The molecule has 114 valence electrons. The molecule has 3 aliphatic rings. The number of nitrogens with zero attached hydrogens (tertiary/aromatic N) is 2. The highest BCUT2D eigenvalue weighted by molar-refractivity contribution is 5.82. The van der Waals surface area contributed by atoms with Crippen LogP contribution >= 0.6 is 0 Å². The summed E-state index contributed by atoms with van der Waals surface area (Å²) in [6.45, 7) is 6.57. The molecule has 0 aromatic rings. The number of hydrogen-bond acceptors (Lipinski definition) is 3. The van der Waals surface area contributed by atoms with Crippen LogP contribution in [-0.4, -0.2) is 60.0 Å². The van der Waals surface area contributed by atoms with Crippen molar-refractivity contribution in [3.63, 3.8) is 0 Å². The number of piperidine rings is 1. The molecule has 4 nitrogen and oxygen atoms in total. The normalized spacial score (nSPS) is 33.0. The van der Waals surface area contributed by atoms with E-state index in [1.165, 1.54) is 32.1 Å². The molecule has 2 atom stereocenters. The van der Waals surface area contributed by atoms with Gasteiger partial charge in [0.1, 0.15) is 0 Å². The molecule has 20 heavy (non-hydrogen) atoms. The fraction of sp³-hybridized carbons (Fsp3) is 0.938. The molecular weight excluding hydrogens is 250 g/mol. The zero-order valence-corrected chi connectivity index (χ0v) is 12.8. The van der Waals surface area contributed by atoms with E-state index in [0.717, 1.165) is 39.0 Å². The van der Waals surface area contributed by atoms with Gasteiger partial charge in [-0.3, -0.25) is 9.69 Å². The molecule has 1 N–H and O–H groups in total. The Morgan fingerprint density at radius 1 is 1.10 bits per heavy atom. The van der Waals surface area contributed by atoms with Gasteiger partial charge in [0, 0.05) is 18.6 Å². The first-order valence-corrected chi connectivity index (χ1v) is 8.58. The summed E-state index contributed by atoms with van der Waals surface area (Å²) in [4.78, 5) is 17.7. The maximum Gasteiger partial charge on any atom is 0.240 e. The van der Waals surface area contributed by atoms with Gasteiger partial charge in [0.15, 0.2) is 0 Å². The Balaban J connectivity index is 1.66. The zero-order chi connectivity index (χ0) is 13.9. The van der Waals surface area contributed by atoms with Crippen LogP contribution in [-0.2, 0) is 4.79 Å². The number of nitrogens with one attached hydrogen (secondary N) is 1. The summed E-state index contributed by atoms with van der Waals surface area (Å²) in [6, 6.07) is 1.33. The summed E-state index contributed by atoms with van der Waals surface area (Å²) < 4.78 is 0. The summed E-state index contributed by atoms with van der Waals surface area (Å²) in [7, 11) is 0. The van der Waals surface area contributed by atoms with Crippen molar-refractivity contribution in [2.45, 2.75) is 70.0 Å². The second kappa shape index (κ2) is 6.44. The SMILES string of the molecule is CCC1CCCN1C(=O)C1CCCN1C1CCNCC1. The van der Waals surface area contributed by atoms with E-state index >= 15 is 0 Å². The Morgan fingerprint density at radius 2 is 1.85 bits per heavy atom. The molecule has 4 heteroatoms. The molecule has 3 rings (SSSR count). The fourth-order valence-electron chi connectivity index (χ4n) is 4.37. The lowest BCUT2D eigenvalue weighted by Gasteiger charge is -2.37. The zero-order valence-electron chi connectivity index (χ0n) is 12.8. The molecule has 0 aliphatic carbocycles. The lowest BCUT2D eigenvalue weighted by atomic mass is 10.0. The third-order valence-electron chi connectivity index (χ3n) is 5.49. The number of carbonyl (C=O) groups excluding carboxylic acids is 1. The predicted molar refractivity (Wildman–Crippen MR) is 80.6 cm³/mol. The Labute approximate surface area is 122 Å². The molecule has 3 aliphatic heterocycles. The summed E-state index contributed by atoms with van der Waals surface area (Å²) in [5.41, 5.74) is 0. The van der Waals surface area contributed by atoms with Crippen molar-refractivity contribution >= 4 is 5.91 Å². The third-order valence-corrected chi connectivity index (χ3v) is 5.49. The van der Waals surface area contributed by atoms with E-state index in [2.05, 4.69) is 22.0 Å². The molecule has 0 aromatic carbocycles. The number of carbonyl (C=O) groups is 1. The Bertz CT molecular complexity index is 341. The van der Waals surface area contributed by atoms with Crippen molar-refractivity contribution in [3.8, 4) is 0 Å². The Hall–Kier alpha value is -0.610. The average molecular weight is 279 g/mol. The summed E-state index contributed by atoms with van der Waals surface area (Å²) in [6.07, 6.45) is 8.22. The molecule has 3 fully saturated rings. The van der Waals surface area contributed by atoms with Crippen LogP contribution in [0.3, 0.4) is 0 Å². The predicted octanol–water partition coefficient (Wildman–Crippen LogP) is 1.60. The number of hydrogen-bond donors (Lipinski definition) is 1. The molecule has 3 heterocycles. The van der Waals surface area contributed by atoms with Gasteiger partial charge in [-0.2, -0.15) is 0 Å². The van der Waals surface area contributed by atoms with Crippen LogP contribution in [0.4, 0.5) is 0 Å². The van der Waals surface area contributed by atoms with Crippen LogP contribution in [0.2, 0.25) is 0 Å². The van der Waals surface area contributed by atoms with Crippen LogP contribution in [0.25, 0.3) is 0 Å². The minimum Gasteiger partial charge on any atom is -0.338 e. The highest BCUT2D eigenvalue weighted by atomic mass is 16.2. The molecule has 0 bridgehead atoms. The molecule has 1 amide bonds. The van der Waals surface area contributed by atoms with Crippen LogP contribution in [0.1, 0.15) is 51.9 Å². The second-order valence-electron chi connectivity index (χ2n) is 6.61. The number of likely N-dealkylation sites (tertiary alicyclic amines) is 2. The van der Waals surface area contributed by atoms with Crippen LogP contribution in [0, 0.1) is 0 Å². The first-order chi connectivity index (χ1) is 9.81. The summed E-state index contributed by atoms with van der Waals surface area (Å²) in [5.74, 6) is 0.436. The second-order valence-corrected chi connectivity index (χ2v) is 6.61. The largest absolute Gasteiger partial charge is 0.338 e. The minimum absolute atomic E-state index is 0.185. The van der Waals surface area contributed by atoms with Crippen LogP contribution in [0.5, 0.6) is 0 Å². The number of amides is 1. The maximum absolute atomic E-state index is 12.9. The van der Waals surface area contributed by atoms with E-state index < -0.39 is 0 Å². The van der Waals surface area contributed by atoms with Gasteiger partial charge in [-0.15, -0.1) is 0 Å². The van der Waals surface area contributed by atoms with Gasteiger partial charge >= 0.3 is 0 Å². The molecule has 2 unspecified atom stereocenters. The van der Waals surface area contributed by atoms with E-state index in [1.54, 1.807) is 0 Å². The van der Waals surface area contributed by atoms with E-state index in [1.807, 2.05) is 0 Å². The molecule has 0 saturated carbocycles. The van der Waals surface area contributed by atoms with E-state index in [-0.39, 0.29) is 6.04 Å². The lowest BCUT2D eigenvalue weighted by Crippen LogP contribution is -2.52. The topological polar surface area (TPSA) is 35.6 Å². The third kappa shape index (κ3) is 2.73. The quantitative estimate of drug-likeness (QED) is 0.852. The highest BCUT2D eigenvalue weighted by Crippen LogP contribution is 2.29. The van der Waals surface area contributed by atoms with E-state index in [0.29, 0.717) is 18.0 Å². The Morgan fingerprint density at radius 3 is 2.60 bits per heavy atom. The van der Waals surface area contributed by atoms with Crippen molar-refractivity contribution in [3.05, 3.63) is 0 Å². The van der Waals surface area contributed by atoms with Crippen LogP contribution in [0.15, 0.2) is 0 Å². The molecular formula is C16H29N3O. The molecule has 0 spiro atoms. The lowest BCUT2D eigenvalue weighted by molar-refractivity contribution is -0.137. The Kier molecular flexibility index (Phi) is 4.61. The molecule has 0 aromatic heterocycles. The van der Waals surface area contributed by atoms with Gasteiger partial charge < -0.3 is 10.2 Å². The maximum atomic E-state index is 12.9. The van der Waals surface area contributed by atoms with Gasteiger partial charge in [-0.25, -0.2) is 0 Å². The van der Waals surface area contributed by atoms with Gasteiger partial charge in [-0.05, 0) is 64.6 Å². The smallest absolute Gasteiger partial charge is 0.240 e. The molecule has 0 radical (unpaired) electrons. The van der Waals surface area contributed by atoms with Crippen molar-refractivity contribution in [1.82, 2.24) is 15.1 Å². The van der Waals surface area contributed by atoms with Crippen LogP contribution < -0.4 is 5.32 Å². The summed E-state index contributed by atoms with van der Waals surface area (Å²) >= 11 is 0. The van der Waals surface area contributed by atoms with Crippen molar-refractivity contribution < 1.29 is 4.79 Å². The monoisotopic (exact) mass is 279 g/mol. The van der Waals surface area contributed by atoms with Crippen molar-refractivity contribution in [2.75, 3.05) is 26.2 Å². The van der Waals surface area contributed by atoms with E-state index in [9.17, 15) is 4.79 Å². The van der Waals surface area contributed by atoms with Crippen molar-refractivity contribution in [2.24, 2.45) is 0 Å². The van der Waals surface area contributed by atoms with Gasteiger partial charge in [-0.1, -0.05) is 6.92 Å². The first-order valence-electron chi connectivity index (χ1n) is 8.58. The summed E-state index contributed by atoms with van der Waals surface area (Å²) in [5, 5.41) is 3.43. The fourth-order valence-corrected chi connectivity index (χ4v) is 4.37. The molecule has 3 saturated heterocycles.